The summed E-state index contributed by atoms with van der Waals surface area (Å²) in [6.45, 7) is 1.95. The van der Waals surface area contributed by atoms with Gasteiger partial charge in [0.1, 0.15) is 5.82 Å². The van der Waals surface area contributed by atoms with Crippen LogP contribution < -0.4 is 5.73 Å². The molecule has 0 fully saturated rings. The molecule has 2 N–H and O–H groups in total. The minimum atomic E-state index is 0.0794. The highest BCUT2D eigenvalue weighted by atomic mass is 35.5. The summed E-state index contributed by atoms with van der Waals surface area (Å²) in [7, 11) is 0. The molecule has 0 radical (unpaired) electrons. The van der Waals surface area contributed by atoms with Crippen LogP contribution in [0.25, 0.3) is 0 Å². The van der Waals surface area contributed by atoms with Gasteiger partial charge < -0.3 is 5.73 Å². The largest absolute Gasteiger partial charge is 0.328 e. The summed E-state index contributed by atoms with van der Waals surface area (Å²) in [5.41, 5.74) is 7.94. The first-order valence-corrected chi connectivity index (χ1v) is 6.32. The normalized spacial score (nSPS) is 12.4. The molecular weight excluding hydrogens is 246 g/mol. The molecule has 0 aliphatic heterocycles. The monoisotopic (exact) mass is 261 g/mol. The molecule has 0 aliphatic rings. The molecule has 4 heteroatoms. The van der Waals surface area contributed by atoms with Gasteiger partial charge in [-0.25, -0.2) is 9.97 Å². The topological polar surface area (TPSA) is 51.8 Å². The van der Waals surface area contributed by atoms with Crippen molar-refractivity contribution in [2.75, 3.05) is 0 Å². The number of halogens is 1. The molecule has 1 unspecified atom stereocenters. The molecule has 0 saturated heterocycles. The van der Waals surface area contributed by atoms with E-state index in [0.29, 0.717) is 6.42 Å². The van der Waals surface area contributed by atoms with Crippen LogP contribution in [0, 0.1) is 0 Å². The van der Waals surface area contributed by atoms with E-state index in [-0.39, 0.29) is 6.04 Å². The summed E-state index contributed by atoms with van der Waals surface area (Å²) >= 11 is 5.86. The lowest BCUT2D eigenvalue weighted by Crippen LogP contribution is -2.19. The highest BCUT2D eigenvalue weighted by Crippen LogP contribution is 2.12. The predicted molar refractivity (Wildman–Crippen MR) is 73.6 cm³/mol. The molecule has 94 valence electrons. The Balaban J connectivity index is 2.11. The van der Waals surface area contributed by atoms with Crippen molar-refractivity contribution in [1.82, 2.24) is 9.97 Å². The molecule has 0 amide bonds. The fraction of sp³-hybridized carbons (Fsp3) is 0.286. The van der Waals surface area contributed by atoms with Gasteiger partial charge in [0.15, 0.2) is 0 Å². The number of hydrogen-bond acceptors (Lipinski definition) is 3. The van der Waals surface area contributed by atoms with Crippen molar-refractivity contribution in [2.45, 2.75) is 25.8 Å². The van der Waals surface area contributed by atoms with Crippen LogP contribution in [0.5, 0.6) is 0 Å². The number of hydrogen-bond donors (Lipinski definition) is 1. The number of aromatic nitrogens is 2. The van der Waals surface area contributed by atoms with Crippen LogP contribution in [0.15, 0.2) is 36.5 Å². The zero-order valence-electron chi connectivity index (χ0n) is 10.3. The van der Waals surface area contributed by atoms with E-state index in [0.717, 1.165) is 23.0 Å². The standard InChI is InChI=1S/C14H16ClN3/c1-10(16)8-14-17-7-6-13(18-14)9-11-2-4-12(15)5-3-11/h2-7,10H,8-9,16H2,1H3. The molecule has 0 bridgehead atoms. The maximum absolute atomic E-state index is 5.86. The molecule has 3 nitrogen and oxygen atoms in total. The van der Waals surface area contributed by atoms with Crippen molar-refractivity contribution in [3.63, 3.8) is 0 Å². The Bertz CT molecular complexity index is 509. The molecule has 1 heterocycles. The Morgan fingerprint density at radius 2 is 1.94 bits per heavy atom. The smallest absolute Gasteiger partial charge is 0.130 e. The van der Waals surface area contributed by atoms with Crippen LogP contribution in [0.1, 0.15) is 24.0 Å². The van der Waals surface area contributed by atoms with Gasteiger partial charge in [-0.3, -0.25) is 0 Å². The van der Waals surface area contributed by atoms with Gasteiger partial charge in [-0.05, 0) is 30.7 Å². The second-order valence-electron chi connectivity index (χ2n) is 4.45. The number of nitrogens with two attached hydrogens (primary N) is 1. The Kier molecular flexibility index (Phi) is 4.28. The van der Waals surface area contributed by atoms with E-state index in [1.165, 1.54) is 5.56 Å². The van der Waals surface area contributed by atoms with Crippen molar-refractivity contribution in [1.29, 1.82) is 0 Å². The van der Waals surface area contributed by atoms with Crippen molar-refractivity contribution < 1.29 is 0 Å². The van der Waals surface area contributed by atoms with Gasteiger partial charge in [-0.1, -0.05) is 23.7 Å². The third kappa shape index (κ3) is 3.79. The summed E-state index contributed by atoms with van der Waals surface area (Å²) in [6.07, 6.45) is 3.27. The first kappa shape index (κ1) is 13.0. The molecule has 2 aromatic rings. The minimum Gasteiger partial charge on any atom is -0.328 e. The highest BCUT2D eigenvalue weighted by molar-refractivity contribution is 6.30. The van der Waals surface area contributed by atoms with Crippen molar-refractivity contribution >= 4 is 11.6 Å². The summed E-state index contributed by atoms with van der Waals surface area (Å²) in [5, 5.41) is 0.749. The lowest BCUT2D eigenvalue weighted by Gasteiger charge is -2.06. The Labute approximate surface area is 112 Å². The second kappa shape index (κ2) is 5.94. The van der Waals surface area contributed by atoms with Gasteiger partial charge in [-0.2, -0.15) is 0 Å². The van der Waals surface area contributed by atoms with E-state index in [1.54, 1.807) is 6.20 Å². The minimum absolute atomic E-state index is 0.0794. The third-order valence-corrected chi connectivity index (χ3v) is 2.82. The van der Waals surface area contributed by atoms with E-state index >= 15 is 0 Å². The average Bonchev–Trinajstić information content (AvgIpc) is 2.32. The summed E-state index contributed by atoms with van der Waals surface area (Å²) in [6, 6.07) is 9.81. The van der Waals surface area contributed by atoms with Crippen LogP contribution in [-0.4, -0.2) is 16.0 Å². The van der Waals surface area contributed by atoms with Crippen LogP contribution in [-0.2, 0) is 12.8 Å². The zero-order chi connectivity index (χ0) is 13.0. The summed E-state index contributed by atoms with van der Waals surface area (Å²) in [4.78, 5) is 8.73. The van der Waals surface area contributed by atoms with Crippen LogP contribution in [0.2, 0.25) is 5.02 Å². The maximum Gasteiger partial charge on any atom is 0.130 e. The molecule has 1 atom stereocenters. The lowest BCUT2D eigenvalue weighted by molar-refractivity contribution is 0.697. The van der Waals surface area contributed by atoms with E-state index in [2.05, 4.69) is 9.97 Å². The maximum atomic E-state index is 5.86. The van der Waals surface area contributed by atoms with Crippen molar-refractivity contribution in [2.24, 2.45) is 5.73 Å². The van der Waals surface area contributed by atoms with Crippen LogP contribution in [0.3, 0.4) is 0 Å². The molecule has 1 aromatic heterocycles. The van der Waals surface area contributed by atoms with E-state index in [4.69, 9.17) is 17.3 Å². The first-order chi connectivity index (χ1) is 8.63. The predicted octanol–water partition coefficient (Wildman–Crippen LogP) is 2.61. The van der Waals surface area contributed by atoms with Gasteiger partial charge >= 0.3 is 0 Å². The van der Waals surface area contributed by atoms with Crippen molar-refractivity contribution in [3.05, 3.63) is 58.6 Å². The lowest BCUT2D eigenvalue weighted by atomic mass is 10.1. The number of nitrogens with zero attached hydrogens (tertiary/aromatic N) is 2. The SMILES string of the molecule is CC(N)Cc1nccc(Cc2ccc(Cl)cc2)n1. The van der Waals surface area contributed by atoms with Crippen LogP contribution >= 0.6 is 11.6 Å². The van der Waals surface area contributed by atoms with Gasteiger partial charge in [0.05, 0.1) is 0 Å². The summed E-state index contributed by atoms with van der Waals surface area (Å²) in [5.74, 6) is 0.802. The van der Waals surface area contributed by atoms with Gasteiger partial charge in [0, 0.05) is 35.8 Å². The first-order valence-electron chi connectivity index (χ1n) is 5.94. The Morgan fingerprint density at radius 1 is 1.22 bits per heavy atom. The quantitative estimate of drug-likeness (QED) is 0.921. The fourth-order valence-corrected chi connectivity index (χ4v) is 1.86. The average molecular weight is 262 g/mol. The van der Waals surface area contributed by atoms with E-state index in [1.807, 2.05) is 37.3 Å². The van der Waals surface area contributed by atoms with Crippen molar-refractivity contribution in [3.8, 4) is 0 Å². The molecule has 0 saturated carbocycles. The number of benzene rings is 1. The summed E-state index contributed by atoms with van der Waals surface area (Å²) < 4.78 is 0. The second-order valence-corrected chi connectivity index (χ2v) is 4.89. The Morgan fingerprint density at radius 3 is 2.61 bits per heavy atom. The number of rotatable bonds is 4. The van der Waals surface area contributed by atoms with E-state index in [9.17, 15) is 0 Å². The molecule has 2 rings (SSSR count). The highest BCUT2D eigenvalue weighted by Gasteiger charge is 2.03. The zero-order valence-corrected chi connectivity index (χ0v) is 11.1. The molecule has 1 aromatic carbocycles. The van der Waals surface area contributed by atoms with Gasteiger partial charge in [0.25, 0.3) is 0 Å². The third-order valence-electron chi connectivity index (χ3n) is 2.57. The van der Waals surface area contributed by atoms with E-state index < -0.39 is 0 Å². The molecule has 0 spiro atoms. The molecule has 0 aliphatic carbocycles. The fourth-order valence-electron chi connectivity index (χ4n) is 1.74. The van der Waals surface area contributed by atoms with Gasteiger partial charge in [-0.15, -0.1) is 0 Å². The van der Waals surface area contributed by atoms with Gasteiger partial charge in [0.2, 0.25) is 0 Å². The van der Waals surface area contributed by atoms with Crippen LogP contribution in [0.4, 0.5) is 0 Å². The molecular formula is C14H16ClN3. The molecule has 18 heavy (non-hydrogen) atoms. The Hall–Kier alpha value is -1.45.